The molecule has 72 valence electrons. The molecule has 2 aromatic rings. The van der Waals surface area contributed by atoms with Gasteiger partial charge in [-0.25, -0.2) is 0 Å². The predicted octanol–water partition coefficient (Wildman–Crippen LogP) is -0.0736. The van der Waals surface area contributed by atoms with E-state index in [1.165, 1.54) is 24.5 Å². The van der Waals surface area contributed by atoms with Crippen LogP contribution in [0.4, 0.5) is 0 Å². The van der Waals surface area contributed by atoms with Crippen molar-refractivity contribution in [3.05, 3.63) is 24.5 Å². The summed E-state index contributed by atoms with van der Waals surface area (Å²) in [7, 11) is 0. The van der Waals surface area contributed by atoms with Crippen LogP contribution in [0.2, 0.25) is 0 Å². The molecule has 1 heterocycles. The number of aromatic nitrogens is 4. The molecule has 0 aliphatic carbocycles. The van der Waals surface area contributed by atoms with E-state index in [4.69, 9.17) is 9.94 Å². The Morgan fingerprint density at radius 3 is 2.86 bits per heavy atom. The van der Waals surface area contributed by atoms with E-state index in [0.717, 1.165) is 4.85 Å². The smallest absolute Gasteiger partial charge is 0.204 e. The lowest BCUT2D eigenvalue weighted by atomic mass is 10.3. The highest BCUT2D eigenvalue weighted by molar-refractivity contribution is 5.48. The molecule has 7 heteroatoms. The zero-order valence-corrected chi connectivity index (χ0v) is 6.90. The molecule has 0 unspecified atom stereocenters. The lowest BCUT2D eigenvalue weighted by Crippen LogP contribution is -2.05. The molecule has 2 rings (SSSR count). The van der Waals surface area contributed by atoms with E-state index >= 15 is 0 Å². The second-order valence-electron chi connectivity index (χ2n) is 2.43. The van der Waals surface area contributed by atoms with E-state index in [1.54, 1.807) is 0 Å². The predicted molar refractivity (Wildman–Crippen MR) is 43.6 cm³/mol. The van der Waals surface area contributed by atoms with E-state index in [2.05, 4.69) is 15.5 Å². The van der Waals surface area contributed by atoms with Gasteiger partial charge in [0.15, 0.2) is 12.1 Å². The van der Waals surface area contributed by atoms with E-state index in [-0.39, 0.29) is 17.2 Å². The molecule has 14 heavy (non-hydrogen) atoms. The van der Waals surface area contributed by atoms with Crippen molar-refractivity contribution < 1.29 is 15.1 Å². The average molecular weight is 194 g/mol. The molecule has 0 fully saturated rings. The van der Waals surface area contributed by atoms with Crippen LogP contribution < -0.4 is 4.84 Å². The maximum Gasteiger partial charge on any atom is 0.204 e. The van der Waals surface area contributed by atoms with Crippen LogP contribution in [0.25, 0.3) is 0 Å². The van der Waals surface area contributed by atoms with Gasteiger partial charge in [0.25, 0.3) is 0 Å². The first-order valence-electron chi connectivity index (χ1n) is 3.69. The molecule has 0 aliphatic heterocycles. The molecular formula is C7H6N4O3. The minimum atomic E-state index is -0.358. The van der Waals surface area contributed by atoms with Gasteiger partial charge in [-0.05, 0) is 22.6 Å². The van der Waals surface area contributed by atoms with Crippen molar-refractivity contribution in [2.45, 2.75) is 0 Å². The topological polar surface area (TPSA) is 93.3 Å². The summed E-state index contributed by atoms with van der Waals surface area (Å²) in [6, 6.07) is 4.33. The summed E-state index contributed by atoms with van der Waals surface area (Å²) in [5.74, 6) is -0.559. The van der Waals surface area contributed by atoms with Gasteiger partial charge in [-0.3, -0.25) is 0 Å². The van der Waals surface area contributed by atoms with Crippen LogP contribution in [0.5, 0.6) is 17.2 Å². The van der Waals surface area contributed by atoms with Gasteiger partial charge in [-0.15, -0.1) is 5.10 Å². The molecule has 2 N–H and O–H groups in total. The summed E-state index contributed by atoms with van der Waals surface area (Å²) >= 11 is 0. The zero-order valence-electron chi connectivity index (χ0n) is 6.90. The largest absolute Gasteiger partial charge is 0.504 e. The third kappa shape index (κ3) is 1.42. The quantitative estimate of drug-likeness (QED) is 0.650. The maximum absolute atomic E-state index is 9.34. The van der Waals surface area contributed by atoms with Gasteiger partial charge in [0.2, 0.25) is 11.5 Å². The van der Waals surface area contributed by atoms with Crippen LogP contribution in [-0.2, 0) is 0 Å². The fraction of sp³-hybridized carbons (Fsp3) is 0. The standard InChI is InChI=1S/C7H6N4O3/c12-5-2-1-3-6(7(5)13)14-11-4-8-9-10-11/h1-4,12-13H. The molecule has 1 aromatic carbocycles. The Hall–Kier alpha value is -2.31. The Bertz CT molecular complexity index is 429. The minimum Gasteiger partial charge on any atom is -0.504 e. The van der Waals surface area contributed by atoms with Crippen molar-refractivity contribution in [3.8, 4) is 17.2 Å². The fourth-order valence-electron chi connectivity index (χ4n) is 0.880. The lowest BCUT2D eigenvalue weighted by molar-refractivity contribution is 0.164. The van der Waals surface area contributed by atoms with Gasteiger partial charge in [0.05, 0.1) is 0 Å². The molecule has 7 nitrogen and oxygen atoms in total. The van der Waals surface area contributed by atoms with Crippen LogP contribution in [0.15, 0.2) is 24.5 Å². The summed E-state index contributed by atoms with van der Waals surface area (Å²) < 4.78 is 0. The van der Waals surface area contributed by atoms with Gasteiger partial charge in [-0.2, -0.15) is 0 Å². The van der Waals surface area contributed by atoms with Crippen LogP contribution in [0, 0.1) is 0 Å². The molecule has 0 amide bonds. The van der Waals surface area contributed by atoms with Gasteiger partial charge in [0.1, 0.15) is 0 Å². The number of aromatic hydroxyl groups is 2. The number of phenols is 2. The van der Waals surface area contributed by atoms with Gasteiger partial charge < -0.3 is 15.1 Å². The Morgan fingerprint density at radius 2 is 2.14 bits per heavy atom. The van der Waals surface area contributed by atoms with E-state index in [1.807, 2.05) is 0 Å². The molecular weight excluding hydrogens is 188 g/mol. The summed E-state index contributed by atoms with van der Waals surface area (Å²) in [5, 5.41) is 28.6. The van der Waals surface area contributed by atoms with Gasteiger partial charge in [-0.1, -0.05) is 10.9 Å². The molecule has 0 saturated heterocycles. The lowest BCUT2D eigenvalue weighted by Gasteiger charge is -2.05. The van der Waals surface area contributed by atoms with E-state index in [9.17, 15) is 5.11 Å². The van der Waals surface area contributed by atoms with Crippen LogP contribution in [-0.4, -0.2) is 30.6 Å². The fourth-order valence-corrected chi connectivity index (χ4v) is 0.880. The highest BCUT2D eigenvalue weighted by Crippen LogP contribution is 2.34. The third-order valence-electron chi connectivity index (χ3n) is 1.50. The van der Waals surface area contributed by atoms with Gasteiger partial charge >= 0.3 is 0 Å². The van der Waals surface area contributed by atoms with Crippen LogP contribution >= 0.6 is 0 Å². The van der Waals surface area contributed by atoms with Crippen molar-refractivity contribution in [2.75, 3.05) is 0 Å². The summed E-state index contributed by atoms with van der Waals surface area (Å²) in [6.07, 6.45) is 1.21. The third-order valence-corrected chi connectivity index (χ3v) is 1.50. The first kappa shape index (κ1) is 8.30. The first-order valence-corrected chi connectivity index (χ1v) is 3.69. The van der Waals surface area contributed by atoms with Crippen molar-refractivity contribution in [1.29, 1.82) is 0 Å². The second-order valence-corrected chi connectivity index (χ2v) is 2.43. The van der Waals surface area contributed by atoms with Crippen LogP contribution in [0.3, 0.4) is 0 Å². The van der Waals surface area contributed by atoms with Crippen molar-refractivity contribution in [3.63, 3.8) is 0 Å². The number of benzene rings is 1. The van der Waals surface area contributed by atoms with E-state index in [0.29, 0.717) is 0 Å². The normalized spacial score (nSPS) is 10.0. The molecule has 1 aromatic heterocycles. The maximum atomic E-state index is 9.34. The number of nitrogens with zero attached hydrogens (tertiary/aromatic N) is 4. The molecule has 0 radical (unpaired) electrons. The van der Waals surface area contributed by atoms with Crippen molar-refractivity contribution in [1.82, 2.24) is 20.4 Å². The number of tetrazole rings is 1. The average Bonchev–Trinajstić information content (AvgIpc) is 2.66. The highest BCUT2D eigenvalue weighted by Gasteiger charge is 2.08. The van der Waals surface area contributed by atoms with E-state index < -0.39 is 0 Å². The molecule has 0 atom stereocenters. The molecule has 0 bridgehead atoms. The molecule has 0 spiro atoms. The Labute approximate surface area is 78.1 Å². The monoisotopic (exact) mass is 194 g/mol. The second kappa shape index (κ2) is 3.21. The van der Waals surface area contributed by atoms with Crippen molar-refractivity contribution >= 4 is 0 Å². The minimum absolute atomic E-state index is 0.0669. The SMILES string of the molecule is Oc1cccc(On2cnnn2)c1O. The Balaban J connectivity index is 2.29. The summed E-state index contributed by atoms with van der Waals surface area (Å²) in [4.78, 5) is 5.95. The number of para-hydroxylation sites is 1. The molecule has 0 aliphatic rings. The highest BCUT2D eigenvalue weighted by atomic mass is 16.7. The van der Waals surface area contributed by atoms with Gasteiger partial charge in [0, 0.05) is 0 Å². The Morgan fingerprint density at radius 1 is 1.29 bits per heavy atom. The number of phenolic OH excluding ortho intramolecular Hbond substituents is 2. The summed E-state index contributed by atoms with van der Waals surface area (Å²) in [6.45, 7) is 0. The van der Waals surface area contributed by atoms with Crippen molar-refractivity contribution in [2.24, 2.45) is 0 Å². The Kier molecular flexibility index (Phi) is 1.90. The number of hydrogen-bond donors (Lipinski definition) is 2. The zero-order chi connectivity index (χ0) is 9.97. The number of rotatable bonds is 2. The first-order chi connectivity index (χ1) is 6.77. The molecule has 0 saturated carbocycles. The number of hydrogen-bond acceptors (Lipinski definition) is 6. The summed E-state index contributed by atoms with van der Waals surface area (Å²) in [5.41, 5.74) is 0. The van der Waals surface area contributed by atoms with Crippen LogP contribution in [0.1, 0.15) is 0 Å².